The van der Waals surface area contributed by atoms with Crippen LogP contribution in [0.5, 0.6) is 0 Å². The molecule has 0 aromatic heterocycles. The van der Waals surface area contributed by atoms with Gasteiger partial charge in [-0.25, -0.2) is 13.6 Å². The summed E-state index contributed by atoms with van der Waals surface area (Å²) >= 11 is 0. The third kappa shape index (κ3) is 4.12. The van der Waals surface area contributed by atoms with Gasteiger partial charge in [0.25, 0.3) is 5.91 Å². The average molecular weight is 305 g/mol. The lowest BCUT2D eigenvalue weighted by molar-refractivity contribution is -0.123. The van der Waals surface area contributed by atoms with Gasteiger partial charge in [0.15, 0.2) is 6.10 Å². The largest absolute Gasteiger partial charge is 0.449 e. The molecule has 0 aliphatic heterocycles. The minimum Gasteiger partial charge on any atom is -0.449 e. The van der Waals surface area contributed by atoms with E-state index in [2.05, 4.69) is 5.32 Å². The van der Waals surface area contributed by atoms with Crippen LogP contribution in [0.2, 0.25) is 0 Å². The van der Waals surface area contributed by atoms with Gasteiger partial charge in [-0.05, 0) is 49.4 Å². The van der Waals surface area contributed by atoms with E-state index in [1.165, 1.54) is 49.4 Å². The maximum Gasteiger partial charge on any atom is 0.339 e. The van der Waals surface area contributed by atoms with Crippen LogP contribution in [0.3, 0.4) is 0 Å². The van der Waals surface area contributed by atoms with Crippen molar-refractivity contribution in [3.8, 4) is 0 Å². The molecule has 6 heteroatoms. The van der Waals surface area contributed by atoms with E-state index in [0.717, 1.165) is 6.07 Å². The average Bonchev–Trinajstić information content (AvgIpc) is 2.49. The summed E-state index contributed by atoms with van der Waals surface area (Å²) in [7, 11) is 0. The molecule has 2 aromatic carbocycles. The predicted octanol–water partition coefficient (Wildman–Crippen LogP) is 3.15. The minimum absolute atomic E-state index is 0.0152. The van der Waals surface area contributed by atoms with Crippen molar-refractivity contribution < 1.29 is 23.1 Å². The van der Waals surface area contributed by atoms with E-state index in [9.17, 15) is 18.4 Å². The predicted molar refractivity (Wildman–Crippen MR) is 76.3 cm³/mol. The SMILES string of the molecule is C[C@H](OC(=O)c1cccc(F)c1)C(=O)Nc1ccc(F)cc1. The summed E-state index contributed by atoms with van der Waals surface area (Å²) in [5, 5.41) is 2.48. The third-order valence-electron chi connectivity index (χ3n) is 2.83. The van der Waals surface area contributed by atoms with Gasteiger partial charge in [-0.3, -0.25) is 4.79 Å². The molecule has 2 rings (SSSR count). The molecule has 0 saturated heterocycles. The van der Waals surface area contributed by atoms with Gasteiger partial charge in [0, 0.05) is 5.69 Å². The highest BCUT2D eigenvalue weighted by molar-refractivity contribution is 5.97. The van der Waals surface area contributed by atoms with Gasteiger partial charge in [0.2, 0.25) is 0 Å². The number of ether oxygens (including phenoxy) is 1. The van der Waals surface area contributed by atoms with E-state index >= 15 is 0 Å². The van der Waals surface area contributed by atoms with Crippen molar-refractivity contribution in [1.29, 1.82) is 0 Å². The smallest absolute Gasteiger partial charge is 0.339 e. The van der Waals surface area contributed by atoms with Crippen LogP contribution < -0.4 is 5.32 Å². The lowest BCUT2D eigenvalue weighted by atomic mass is 10.2. The van der Waals surface area contributed by atoms with Crippen molar-refractivity contribution in [2.45, 2.75) is 13.0 Å². The Hall–Kier alpha value is -2.76. The molecule has 1 amide bonds. The van der Waals surface area contributed by atoms with Crippen molar-refractivity contribution in [2.24, 2.45) is 0 Å². The first-order valence-corrected chi connectivity index (χ1v) is 6.48. The fraction of sp³-hybridized carbons (Fsp3) is 0.125. The topological polar surface area (TPSA) is 55.4 Å². The van der Waals surface area contributed by atoms with Crippen LogP contribution >= 0.6 is 0 Å². The maximum absolute atomic E-state index is 13.0. The Morgan fingerprint density at radius 2 is 1.73 bits per heavy atom. The van der Waals surface area contributed by atoms with Gasteiger partial charge < -0.3 is 10.1 Å². The Morgan fingerprint density at radius 3 is 2.36 bits per heavy atom. The summed E-state index contributed by atoms with van der Waals surface area (Å²) in [6.45, 7) is 1.38. The highest BCUT2D eigenvalue weighted by Gasteiger charge is 2.19. The second-order valence-electron chi connectivity index (χ2n) is 4.55. The first-order chi connectivity index (χ1) is 10.5. The van der Waals surface area contributed by atoms with Gasteiger partial charge in [0.05, 0.1) is 5.56 Å². The molecule has 1 N–H and O–H groups in total. The van der Waals surface area contributed by atoms with Crippen molar-refractivity contribution in [3.63, 3.8) is 0 Å². The van der Waals surface area contributed by atoms with E-state index < -0.39 is 29.6 Å². The molecule has 0 unspecified atom stereocenters. The van der Waals surface area contributed by atoms with Gasteiger partial charge in [-0.2, -0.15) is 0 Å². The second kappa shape index (κ2) is 6.80. The van der Waals surface area contributed by atoms with Crippen LogP contribution in [0.1, 0.15) is 17.3 Å². The number of carbonyl (C=O) groups is 2. The van der Waals surface area contributed by atoms with Crippen molar-refractivity contribution in [1.82, 2.24) is 0 Å². The number of benzene rings is 2. The molecule has 0 bridgehead atoms. The molecule has 22 heavy (non-hydrogen) atoms. The number of hydrogen-bond donors (Lipinski definition) is 1. The van der Waals surface area contributed by atoms with Crippen molar-refractivity contribution in [3.05, 3.63) is 65.7 Å². The normalized spacial score (nSPS) is 11.6. The Morgan fingerprint density at radius 1 is 1.05 bits per heavy atom. The molecule has 114 valence electrons. The zero-order valence-corrected chi connectivity index (χ0v) is 11.7. The molecular weight excluding hydrogens is 292 g/mol. The van der Waals surface area contributed by atoms with Crippen LogP contribution in [-0.4, -0.2) is 18.0 Å². The molecule has 0 aliphatic carbocycles. The number of anilines is 1. The Bertz CT molecular complexity index is 686. The van der Waals surface area contributed by atoms with Crippen LogP contribution in [0, 0.1) is 11.6 Å². The second-order valence-corrected chi connectivity index (χ2v) is 4.55. The number of rotatable bonds is 4. The first-order valence-electron chi connectivity index (χ1n) is 6.48. The Balaban J connectivity index is 1.96. The summed E-state index contributed by atoms with van der Waals surface area (Å²) in [6.07, 6.45) is -1.08. The van der Waals surface area contributed by atoms with E-state index in [-0.39, 0.29) is 5.56 Å². The molecule has 0 heterocycles. The number of amides is 1. The van der Waals surface area contributed by atoms with E-state index in [1.54, 1.807) is 0 Å². The number of esters is 1. The monoisotopic (exact) mass is 305 g/mol. The van der Waals surface area contributed by atoms with Gasteiger partial charge in [-0.15, -0.1) is 0 Å². The Kier molecular flexibility index (Phi) is 4.83. The van der Waals surface area contributed by atoms with E-state index in [1.807, 2.05) is 0 Å². The highest BCUT2D eigenvalue weighted by atomic mass is 19.1. The van der Waals surface area contributed by atoms with Crippen LogP contribution in [-0.2, 0) is 9.53 Å². The summed E-state index contributed by atoms with van der Waals surface area (Å²) in [5.74, 6) is -2.38. The molecule has 2 aromatic rings. The van der Waals surface area contributed by atoms with Gasteiger partial charge >= 0.3 is 5.97 Å². The minimum atomic E-state index is -1.08. The summed E-state index contributed by atoms with van der Waals surface area (Å²) in [5.41, 5.74) is 0.390. The van der Waals surface area contributed by atoms with Crippen molar-refractivity contribution >= 4 is 17.6 Å². The maximum atomic E-state index is 13.0. The standard InChI is InChI=1S/C16H13F2NO3/c1-10(15(20)19-14-7-5-12(17)6-8-14)22-16(21)11-3-2-4-13(18)9-11/h2-10H,1H3,(H,19,20)/t10-/m0/s1. The fourth-order valence-corrected chi connectivity index (χ4v) is 1.67. The number of carbonyl (C=O) groups excluding carboxylic acids is 2. The first kappa shape index (κ1) is 15.6. The number of halogens is 2. The lowest BCUT2D eigenvalue weighted by Crippen LogP contribution is -2.30. The molecule has 4 nitrogen and oxygen atoms in total. The third-order valence-corrected chi connectivity index (χ3v) is 2.83. The molecule has 0 fully saturated rings. The number of hydrogen-bond acceptors (Lipinski definition) is 3. The molecule has 0 radical (unpaired) electrons. The molecule has 0 aliphatic rings. The van der Waals surface area contributed by atoms with E-state index in [0.29, 0.717) is 5.69 Å². The van der Waals surface area contributed by atoms with Crippen molar-refractivity contribution in [2.75, 3.05) is 5.32 Å². The summed E-state index contributed by atoms with van der Waals surface area (Å²) in [6, 6.07) is 10.1. The lowest BCUT2D eigenvalue weighted by Gasteiger charge is -2.13. The number of nitrogens with one attached hydrogen (secondary N) is 1. The summed E-state index contributed by atoms with van der Waals surface area (Å²) < 4.78 is 30.7. The highest BCUT2D eigenvalue weighted by Crippen LogP contribution is 2.11. The van der Waals surface area contributed by atoms with E-state index in [4.69, 9.17) is 4.74 Å². The molecular formula is C16H13F2NO3. The quantitative estimate of drug-likeness (QED) is 0.883. The van der Waals surface area contributed by atoms with Crippen LogP contribution in [0.15, 0.2) is 48.5 Å². The molecule has 0 saturated carbocycles. The van der Waals surface area contributed by atoms with Crippen LogP contribution in [0.25, 0.3) is 0 Å². The summed E-state index contributed by atoms with van der Waals surface area (Å²) in [4.78, 5) is 23.7. The Labute approximate surface area is 125 Å². The molecule has 1 atom stereocenters. The fourth-order valence-electron chi connectivity index (χ4n) is 1.67. The zero-order chi connectivity index (χ0) is 16.1. The molecule has 0 spiro atoms. The van der Waals surface area contributed by atoms with Crippen LogP contribution in [0.4, 0.5) is 14.5 Å². The van der Waals surface area contributed by atoms with Gasteiger partial charge in [0.1, 0.15) is 11.6 Å². The zero-order valence-electron chi connectivity index (χ0n) is 11.7. The van der Waals surface area contributed by atoms with Gasteiger partial charge in [-0.1, -0.05) is 6.07 Å².